The van der Waals surface area contributed by atoms with E-state index in [1.165, 1.54) is 75.8 Å². The van der Waals surface area contributed by atoms with Crippen LogP contribution in [0.25, 0.3) is 6.08 Å². The van der Waals surface area contributed by atoms with Crippen molar-refractivity contribution in [2.45, 2.75) is 77.6 Å². The van der Waals surface area contributed by atoms with Gasteiger partial charge in [-0.2, -0.15) is 0 Å². The van der Waals surface area contributed by atoms with Crippen molar-refractivity contribution in [2.24, 2.45) is 5.73 Å². The van der Waals surface area contributed by atoms with Gasteiger partial charge in [0.1, 0.15) is 0 Å². The van der Waals surface area contributed by atoms with E-state index in [4.69, 9.17) is 5.73 Å². The highest BCUT2D eigenvalue weighted by atomic mass is 16.1. The van der Waals surface area contributed by atoms with Gasteiger partial charge < -0.3 is 5.73 Å². The lowest BCUT2D eigenvalue weighted by Gasteiger charge is -2.03. The molecule has 23 heavy (non-hydrogen) atoms. The number of hydrogen-bond acceptors (Lipinski definition) is 1. The molecule has 0 heterocycles. The second-order valence-corrected chi connectivity index (χ2v) is 6.41. The summed E-state index contributed by atoms with van der Waals surface area (Å²) in [5.41, 5.74) is 7.49. The lowest BCUT2D eigenvalue weighted by Crippen LogP contribution is -2.05. The molecule has 0 aliphatic rings. The molecule has 0 fully saturated rings. The Labute approximate surface area is 142 Å². The lowest BCUT2D eigenvalue weighted by molar-refractivity contribution is -0.113. The Hall–Kier alpha value is -1.57. The molecule has 128 valence electrons. The quantitative estimate of drug-likeness (QED) is 0.371. The van der Waals surface area contributed by atoms with Crippen LogP contribution in [0.1, 0.15) is 82.3 Å². The van der Waals surface area contributed by atoms with Crippen LogP contribution in [0.3, 0.4) is 0 Å². The first-order chi connectivity index (χ1) is 11.2. The molecule has 0 spiro atoms. The minimum Gasteiger partial charge on any atom is -0.366 e. The van der Waals surface area contributed by atoms with Gasteiger partial charge in [-0.15, -0.1) is 0 Å². The molecule has 2 heteroatoms. The Balaban J connectivity index is 2.04. The third-order valence-corrected chi connectivity index (χ3v) is 4.24. The summed E-state index contributed by atoms with van der Waals surface area (Å²) in [5, 5.41) is 0. The highest BCUT2D eigenvalue weighted by molar-refractivity contribution is 5.90. The van der Waals surface area contributed by atoms with Crippen molar-refractivity contribution in [1.82, 2.24) is 0 Å². The highest BCUT2D eigenvalue weighted by Gasteiger charge is 1.96. The summed E-state index contributed by atoms with van der Waals surface area (Å²) < 4.78 is 0. The maximum absolute atomic E-state index is 10.7. The molecule has 0 bridgehead atoms. The van der Waals surface area contributed by atoms with Crippen molar-refractivity contribution < 1.29 is 4.79 Å². The van der Waals surface area contributed by atoms with Crippen molar-refractivity contribution in [1.29, 1.82) is 0 Å². The predicted molar refractivity (Wildman–Crippen MR) is 100 cm³/mol. The topological polar surface area (TPSA) is 43.1 Å². The SMILES string of the molecule is CCCCCCCCCCCCc1ccc(C=CC(N)=O)cc1. The zero-order chi connectivity index (χ0) is 16.8. The van der Waals surface area contributed by atoms with Gasteiger partial charge in [0, 0.05) is 6.08 Å². The Morgan fingerprint density at radius 3 is 1.91 bits per heavy atom. The van der Waals surface area contributed by atoms with Crippen LogP contribution in [-0.4, -0.2) is 5.91 Å². The van der Waals surface area contributed by atoms with E-state index in [2.05, 4.69) is 19.1 Å². The van der Waals surface area contributed by atoms with Crippen LogP contribution in [0, 0.1) is 0 Å². The van der Waals surface area contributed by atoms with Gasteiger partial charge in [-0.25, -0.2) is 0 Å². The molecule has 1 rings (SSSR count). The Bertz CT molecular complexity index is 447. The van der Waals surface area contributed by atoms with Crippen molar-refractivity contribution in [3.8, 4) is 0 Å². The fourth-order valence-corrected chi connectivity index (χ4v) is 2.79. The first kappa shape index (κ1) is 19.5. The summed E-state index contributed by atoms with van der Waals surface area (Å²) in [4.78, 5) is 10.7. The maximum Gasteiger partial charge on any atom is 0.241 e. The monoisotopic (exact) mass is 315 g/mol. The highest BCUT2D eigenvalue weighted by Crippen LogP contribution is 2.13. The van der Waals surface area contributed by atoms with E-state index in [9.17, 15) is 4.79 Å². The number of carbonyl (C=O) groups is 1. The molecule has 2 nitrogen and oxygen atoms in total. The first-order valence-corrected chi connectivity index (χ1v) is 9.29. The summed E-state index contributed by atoms with van der Waals surface area (Å²) in [5.74, 6) is -0.403. The number of unbranched alkanes of at least 4 members (excludes halogenated alkanes) is 9. The second-order valence-electron chi connectivity index (χ2n) is 6.41. The van der Waals surface area contributed by atoms with E-state index < -0.39 is 5.91 Å². The molecule has 0 radical (unpaired) electrons. The van der Waals surface area contributed by atoms with E-state index >= 15 is 0 Å². The number of amides is 1. The van der Waals surface area contributed by atoms with Gasteiger partial charge >= 0.3 is 0 Å². The van der Waals surface area contributed by atoms with Crippen LogP contribution in [-0.2, 0) is 11.2 Å². The summed E-state index contributed by atoms with van der Waals surface area (Å²) in [6.45, 7) is 2.27. The molecule has 0 aliphatic carbocycles. The molecule has 0 aromatic heterocycles. The van der Waals surface area contributed by atoms with Crippen LogP contribution in [0.5, 0.6) is 0 Å². The summed E-state index contributed by atoms with van der Waals surface area (Å²) in [6.07, 6.45) is 18.1. The lowest BCUT2D eigenvalue weighted by atomic mass is 10.0. The van der Waals surface area contributed by atoms with Gasteiger partial charge in [-0.3, -0.25) is 4.79 Å². The number of carbonyl (C=O) groups excluding carboxylic acids is 1. The van der Waals surface area contributed by atoms with Crippen molar-refractivity contribution >= 4 is 12.0 Å². The molecular formula is C21H33NO. The van der Waals surface area contributed by atoms with Gasteiger partial charge in [0.05, 0.1) is 0 Å². The smallest absolute Gasteiger partial charge is 0.241 e. The second kappa shape index (κ2) is 12.9. The minimum atomic E-state index is -0.403. The molecule has 0 atom stereocenters. The van der Waals surface area contributed by atoms with Crippen LogP contribution in [0.15, 0.2) is 30.3 Å². The van der Waals surface area contributed by atoms with E-state index in [1.54, 1.807) is 6.08 Å². The molecule has 0 unspecified atom stereocenters. The molecule has 1 aromatic carbocycles. The van der Waals surface area contributed by atoms with Crippen molar-refractivity contribution in [2.75, 3.05) is 0 Å². The minimum absolute atomic E-state index is 0.403. The maximum atomic E-state index is 10.7. The first-order valence-electron chi connectivity index (χ1n) is 9.29. The van der Waals surface area contributed by atoms with Crippen LogP contribution in [0.4, 0.5) is 0 Å². The van der Waals surface area contributed by atoms with Crippen molar-refractivity contribution in [3.63, 3.8) is 0 Å². The molecule has 2 N–H and O–H groups in total. The number of rotatable bonds is 13. The molecule has 0 aliphatic heterocycles. The predicted octanol–water partition coefficient (Wildman–Crippen LogP) is 5.65. The fraction of sp³-hybridized carbons (Fsp3) is 0.571. The number of hydrogen-bond donors (Lipinski definition) is 1. The van der Waals surface area contributed by atoms with Crippen LogP contribution < -0.4 is 5.73 Å². The molecule has 0 saturated carbocycles. The standard InChI is InChI=1S/C21H33NO/c1-2-3-4-5-6-7-8-9-10-11-12-19-13-15-20(16-14-19)17-18-21(22)23/h13-18H,2-12H2,1H3,(H2,22,23). The summed E-state index contributed by atoms with van der Waals surface area (Å²) >= 11 is 0. The molecule has 1 amide bonds. The number of nitrogens with two attached hydrogens (primary N) is 1. The van der Waals surface area contributed by atoms with Crippen LogP contribution >= 0.6 is 0 Å². The zero-order valence-electron chi connectivity index (χ0n) is 14.7. The largest absolute Gasteiger partial charge is 0.366 e. The third-order valence-electron chi connectivity index (χ3n) is 4.24. The number of benzene rings is 1. The zero-order valence-corrected chi connectivity index (χ0v) is 14.7. The average Bonchev–Trinajstić information content (AvgIpc) is 2.55. The van der Waals surface area contributed by atoms with Gasteiger partial charge in [0.25, 0.3) is 0 Å². The Morgan fingerprint density at radius 1 is 0.870 bits per heavy atom. The van der Waals surface area contributed by atoms with E-state index in [0.717, 1.165) is 12.0 Å². The molecule has 1 aromatic rings. The van der Waals surface area contributed by atoms with Gasteiger partial charge in [0.2, 0.25) is 5.91 Å². The number of primary amides is 1. The summed E-state index contributed by atoms with van der Waals surface area (Å²) in [7, 11) is 0. The Morgan fingerprint density at radius 2 is 1.39 bits per heavy atom. The average molecular weight is 316 g/mol. The third kappa shape index (κ3) is 10.7. The van der Waals surface area contributed by atoms with Gasteiger partial charge in [-0.1, -0.05) is 89.0 Å². The van der Waals surface area contributed by atoms with Crippen molar-refractivity contribution in [3.05, 3.63) is 41.5 Å². The van der Waals surface area contributed by atoms with Crippen LogP contribution in [0.2, 0.25) is 0 Å². The van der Waals surface area contributed by atoms with Gasteiger partial charge in [-0.05, 0) is 30.0 Å². The molecular weight excluding hydrogens is 282 g/mol. The molecule has 0 saturated heterocycles. The summed E-state index contributed by atoms with van der Waals surface area (Å²) in [6, 6.07) is 8.39. The fourth-order valence-electron chi connectivity index (χ4n) is 2.79. The van der Waals surface area contributed by atoms with E-state index in [-0.39, 0.29) is 0 Å². The van der Waals surface area contributed by atoms with E-state index in [0.29, 0.717) is 0 Å². The Kier molecular flexibility index (Phi) is 10.9. The normalized spacial score (nSPS) is 11.2. The van der Waals surface area contributed by atoms with Gasteiger partial charge in [0.15, 0.2) is 0 Å². The van der Waals surface area contributed by atoms with E-state index in [1.807, 2.05) is 12.1 Å². The number of aryl methyl sites for hydroxylation is 1.